The highest BCUT2D eigenvalue weighted by Gasteiger charge is 2.35. The van der Waals surface area contributed by atoms with Gasteiger partial charge in [-0.3, -0.25) is 9.36 Å². The molecule has 10 nitrogen and oxygen atoms in total. The molecule has 0 saturated carbocycles. The number of methoxy groups -OCH3 is 2. The molecule has 0 aliphatic carbocycles. The van der Waals surface area contributed by atoms with Crippen LogP contribution in [0, 0.1) is 3.57 Å². The number of hydrogen-bond donors (Lipinski definition) is 1. The van der Waals surface area contributed by atoms with Crippen molar-refractivity contribution in [3.8, 4) is 17.2 Å². The van der Waals surface area contributed by atoms with Crippen molar-refractivity contribution in [2.24, 2.45) is 4.99 Å². The Bertz CT molecular complexity index is 2100. The Kier molecular flexibility index (Phi) is 10.6. The van der Waals surface area contributed by atoms with Crippen LogP contribution in [-0.4, -0.2) is 41.9 Å². The molecule has 244 valence electrons. The second-order valence-corrected chi connectivity index (χ2v) is 13.8. The highest BCUT2D eigenvalue weighted by Crippen LogP contribution is 2.38. The summed E-state index contributed by atoms with van der Waals surface area (Å²) in [5.41, 5.74) is 2.51. The fraction of sp³-hybridized carbons (Fsp3) is 0.235. The molecule has 5 rings (SSSR count). The average molecular weight is 833 g/mol. The van der Waals surface area contributed by atoms with Gasteiger partial charge in [0.2, 0.25) is 0 Å². The lowest BCUT2D eigenvalue weighted by atomic mass is 9.95. The topological polar surface area (TPSA) is 126 Å². The van der Waals surface area contributed by atoms with Crippen molar-refractivity contribution in [1.29, 1.82) is 0 Å². The number of fused-ring (bicyclic) bond motifs is 1. The molecule has 0 spiro atoms. The summed E-state index contributed by atoms with van der Waals surface area (Å²) < 4.78 is 26.4. The van der Waals surface area contributed by atoms with Crippen molar-refractivity contribution in [3.63, 3.8) is 0 Å². The van der Waals surface area contributed by atoms with Gasteiger partial charge in [-0.1, -0.05) is 39.4 Å². The first-order valence-electron chi connectivity index (χ1n) is 14.3. The van der Waals surface area contributed by atoms with Gasteiger partial charge in [-0.25, -0.2) is 14.6 Å². The number of allylic oxidation sites excluding steroid dienone is 1. The normalized spacial score (nSPS) is 14.5. The zero-order valence-electron chi connectivity index (χ0n) is 26.0. The predicted molar refractivity (Wildman–Crippen MR) is 189 cm³/mol. The van der Waals surface area contributed by atoms with E-state index >= 15 is 0 Å². The molecule has 0 fully saturated rings. The van der Waals surface area contributed by atoms with Crippen LogP contribution in [-0.2, 0) is 16.1 Å². The fourth-order valence-corrected chi connectivity index (χ4v) is 7.34. The van der Waals surface area contributed by atoms with Crippen LogP contribution in [0.1, 0.15) is 53.9 Å². The molecule has 0 saturated heterocycles. The van der Waals surface area contributed by atoms with E-state index in [2.05, 4.69) is 43.5 Å². The largest absolute Gasteiger partial charge is 0.496 e. The van der Waals surface area contributed by atoms with Gasteiger partial charge in [-0.15, -0.1) is 0 Å². The summed E-state index contributed by atoms with van der Waals surface area (Å²) in [7, 11) is 3.06. The molecule has 1 atom stereocenters. The van der Waals surface area contributed by atoms with Crippen LogP contribution in [0.15, 0.2) is 80.1 Å². The van der Waals surface area contributed by atoms with E-state index in [0.29, 0.717) is 49.0 Å². The number of nitrogens with zero attached hydrogens (tertiary/aromatic N) is 2. The van der Waals surface area contributed by atoms with Crippen molar-refractivity contribution in [2.75, 3.05) is 14.2 Å². The summed E-state index contributed by atoms with van der Waals surface area (Å²) in [6, 6.07) is 14.7. The number of ether oxygens (including phenoxy) is 4. The third-order valence-electron chi connectivity index (χ3n) is 7.18. The number of aromatic nitrogens is 1. The van der Waals surface area contributed by atoms with Gasteiger partial charge in [0.25, 0.3) is 5.56 Å². The second-order valence-electron chi connectivity index (χ2n) is 10.8. The summed E-state index contributed by atoms with van der Waals surface area (Å²) in [6.45, 7) is 5.39. The first kappa shape index (κ1) is 34.4. The maximum Gasteiger partial charge on any atom is 0.338 e. The first-order valence-corrected chi connectivity index (χ1v) is 17.0. The zero-order valence-corrected chi connectivity index (χ0v) is 30.6. The third kappa shape index (κ3) is 7.31. The third-order valence-corrected chi connectivity index (χ3v) is 9.45. The van der Waals surface area contributed by atoms with Crippen LogP contribution in [0.5, 0.6) is 17.2 Å². The Labute approximate surface area is 296 Å². The molecule has 47 heavy (non-hydrogen) atoms. The number of rotatable bonds is 10. The molecule has 1 aliphatic heterocycles. The van der Waals surface area contributed by atoms with E-state index in [9.17, 15) is 19.5 Å². The van der Waals surface area contributed by atoms with Gasteiger partial charge in [0.15, 0.2) is 16.3 Å². The van der Waals surface area contributed by atoms with E-state index in [1.54, 1.807) is 57.2 Å². The summed E-state index contributed by atoms with van der Waals surface area (Å²) in [6.07, 6.45) is 1.37. The summed E-state index contributed by atoms with van der Waals surface area (Å²) in [5, 5.41) is 9.31. The average Bonchev–Trinajstić information content (AvgIpc) is 3.32. The van der Waals surface area contributed by atoms with Gasteiger partial charge >= 0.3 is 11.9 Å². The molecule has 0 radical (unpaired) electrons. The number of thiazole rings is 1. The van der Waals surface area contributed by atoms with Crippen LogP contribution in [0.2, 0.25) is 0 Å². The number of benzene rings is 3. The number of hydrogen-bond acceptors (Lipinski definition) is 9. The molecular formula is C34H30BrIN2O8S. The second kappa shape index (κ2) is 14.4. The summed E-state index contributed by atoms with van der Waals surface area (Å²) >= 11 is 6.86. The van der Waals surface area contributed by atoms with Crippen LogP contribution >= 0.6 is 49.9 Å². The lowest BCUT2D eigenvalue weighted by molar-refractivity contribution is -0.143. The SMILES string of the molecule is COc1ccc(Br)cc1[C@H]1C(C(=O)OC(C)C)=C(C)N=c2s/c(=C/c3cc(I)c(OCc4cccc(C(=O)O)c4)c(OC)c3)c(=O)n21. The first-order chi connectivity index (χ1) is 22.4. The van der Waals surface area contributed by atoms with Crippen LogP contribution in [0.4, 0.5) is 0 Å². The number of esters is 1. The smallest absolute Gasteiger partial charge is 0.338 e. The number of halogens is 2. The van der Waals surface area contributed by atoms with Gasteiger partial charge < -0.3 is 24.1 Å². The summed E-state index contributed by atoms with van der Waals surface area (Å²) in [4.78, 5) is 44.1. The minimum Gasteiger partial charge on any atom is -0.496 e. The Hall–Kier alpha value is -3.95. The quantitative estimate of drug-likeness (QED) is 0.156. The molecule has 1 N–H and O–H groups in total. The number of carboxylic acid groups (broad SMARTS) is 1. The fourth-order valence-electron chi connectivity index (χ4n) is 5.14. The maximum atomic E-state index is 14.2. The number of carboxylic acids is 1. The zero-order chi connectivity index (χ0) is 34.0. The summed E-state index contributed by atoms with van der Waals surface area (Å²) in [5.74, 6) is -0.152. The number of carbonyl (C=O) groups excluding carboxylic acids is 1. The van der Waals surface area contributed by atoms with E-state index in [1.807, 2.05) is 18.2 Å². The van der Waals surface area contributed by atoms with Crippen molar-refractivity contribution in [1.82, 2.24) is 4.57 Å². The highest BCUT2D eigenvalue weighted by molar-refractivity contribution is 14.1. The van der Waals surface area contributed by atoms with Gasteiger partial charge in [-0.05, 0) is 103 Å². The molecule has 1 aliphatic rings. The molecule has 2 heterocycles. The number of carbonyl (C=O) groups is 2. The van der Waals surface area contributed by atoms with E-state index < -0.39 is 18.0 Å². The molecule has 0 amide bonds. The van der Waals surface area contributed by atoms with Crippen molar-refractivity contribution in [2.45, 2.75) is 39.5 Å². The van der Waals surface area contributed by atoms with Gasteiger partial charge in [-0.2, -0.15) is 0 Å². The minimum absolute atomic E-state index is 0.130. The monoisotopic (exact) mass is 832 g/mol. The minimum atomic E-state index is -1.02. The van der Waals surface area contributed by atoms with Crippen LogP contribution < -0.4 is 29.1 Å². The highest BCUT2D eigenvalue weighted by atomic mass is 127. The maximum absolute atomic E-state index is 14.2. The molecule has 4 aromatic rings. The van der Waals surface area contributed by atoms with Crippen LogP contribution in [0.3, 0.4) is 0 Å². The van der Waals surface area contributed by atoms with E-state index in [-0.39, 0.29) is 29.4 Å². The molecule has 3 aromatic carbocycles. The molecule has 0 bridgehead atoms. The van der Waals surface area contributed by atoms with E-state index in [0.717, 1.165) is 8.04 Å². The Morgan fingerprint density at radius 3 is 2.53 bits per heavy atom. The van der Waals surface area contributed by atoms with E-state index in [1.165, 1.54) is 36.2 Å². The van der Waals surface area contributed by atoms with Crippen molar-refractivity contribution >= 4 is 67.9 Å². The molecular weight excluding hydrogens is 803 g/mol. The predicted octanol–water partition coefficient (Wildman–Crippen LogP) is 5.85. The molecule has 0 unspecified atom stereocenters. The molecule has 13 heteroatoms. The standard InChI is InChI=1S/C34H30BrIN2O8S/c1-17(2)46-33(42)28-18(3)37-34-38(29(28)23-15-22(35)9-10-25(23)43-4)31(39)27(47-34)14-20-12-24(36)30(26(13-20)44-5)45-16-19-7-6-8-21(11-19)32(40)41/h6-15,17,29H,16H2,1-5H3,(H,40,41)/b27-14+/t29-/m0/s1. The van der Waals surface area contributed by atoms with Crippen LogP contribution in [0.25, 0.3) is 6.08 Å². The number of aromatic carboxylic acids is 1. The van der Waals surface area contributed by atoms with Gasteiger partial charge in [0, 0.05) is 10.0 Å². The Balaban J connectivity index is 1.59. The van der Waals surface area contributed by atoms with Crippen molar-refractivity contribution < 1.29 is 33.6 Å². The Morgan fingerprint density at radius 2 is 1.85 bits per heavy atom. The Morgan fingerprint density at radius 1 is 1.11 bits per heavy atom. The van der Waals surface area contributed by atoms with E-state index in [4.69, 9.17) is 18.9 Å². The lowest BCUT2D eigenvalue weighted by Gasteiger charge is -2.26. The van der Waals surface area contributed by atoms with Gasteiger partial charge in [0.05, 0.1) is 45.3 Å². The molecule has 1 aromatic heterocycles. The van der Waals surface area contributed by atoms with Crippen molar-refractivity contribution in [3.05, 3.63) is 116 Å². The van der Waals surface area contributed by atoms with Gasteiger partial charge in [0.1, 0.15) is 18.4 Å². The lowest BCUT2D eigenvalue weighted by Crippen LogP contribution is -2.40.